The zero-order valence-corrected chi connectivity index (χ0v) is 20.1. The highest BCUT2D eigenvalue weighted by molar-refractivity contribution is 6.22. The fourth-order valence-corrected chi connectivity index (χ4v) is 5.30. The summed E-state index contributed by atoms with van der Waals surface area (Å²) >= 11 is 0. The van der Waals surface area contributed by atoms with Crippen molar-refractivity contribution in [3.63, 3.8) is 0 Å². The van der Waals surface area contributed by atoms with Gasteiger partial charge < -0.3 is 9.64 Å². The standard InChI is InChI=1S/C28H28N2O5/c1-16-10-11-22-23(12-16)27(33)30(26(22)32)20-7-5-8-21(14-20)35-28(34)19-13-25(31)29(15-19)24-9-4-6-17(2)18(24)3/h4-10,14,19,22-23H,11-13,15H2,1-3H3/t19-,22-,23-/m0/s1. The molecule has 2 fully saturated rings. The monoisotopic (exact) mass is 472 g/mol. The normalized spacial score (nSPS) is 24.0. The van der Waals surface area contributed by atoms with E-state index in [2.05, 4.69) is 0 Å². The molecule has 2 saturated heterocycles. The van der Waals surface area contributed by atoms with Gasteiger partial charge in [-0.15, -0.1) is 0 Å². The molecule has 180 valence electrons. The Morgan fingerprint density at radius 3 is 2.49 bits per heavy atom. The summed E-state index contributed by atoms with van der Waals surface area (Å²) in [6, 6.07) is 12.3. The number of esters is 1. The molecule has 3 aliphatic rings. The van der Waals surface area contributed by atoms with Crippen molar-refractivity contribution in [2.45, 2.75) is 40.0 Å². The lowest BCUT2D eigenvalue weighted by atomic mass is 9.82. The van der Waals surface area contributed by atoms with Crippen molar-refractivity contribution in [2.75, 3.05) is 16.3 Å². The number of amides is 3. The van der Waals surface area contributed by atoms with E-state index in [1.54, 1.807) is 29.2 Å². The van der Waals surface area contributed by atoms with Crippen LogP contribution in [0.1, 0.15) is 37.3 Å². The number of hydrogen-bond acceptors (Lipinski definition) is 5. The number of rotatable bonds is 4. The second kappa shape index (κ2) is 8.80. The predicted molar refractivity (Wildman–Crippen MR) is 131 cm³/mol. The van der Waals surface area contributed by atoms with E-state index in [1.807, 2.05) is 45.0 Å². The third-order valence-corrected chi connectivity index (χ3v) is 7.44. The summed E-state index contributed by atoms with van der Waals surface area (Å²) in [6.45, 7) is 6.18. The van der Waals surface area contributed by atoms with Gasteiger partial charge in [0.15, 0.2) is 0 Å². The van der Waals surface area contributed by atoms with Crippen LogP contribution in [0, 0.1) is 31.6 Å². The number of aryl methyl sites for hydroxylation is 1. The van der Waals surface area contributed by atoms with Gasteiger partial charge in [0, 0.05) is 24.7 Å². The van der Waals surface area contributed by atoms with Gasteiger partial charge in [-0.05, 0) is 62.9 Å². The Kier molecular flexibility index (Phi) is 5.79. The van der Waals surface area contributed by atoms with Crippen LogP contribution in [0.2, 0.25) is 0 Å². The summed E-state index contributed by atoms with van der Waals surface area (Å²) in [5, 5.41) is 0. The van der Waals surface area contributed by atoms with Gasteiger partial charge in [-0.1, -0.05) is 29.8 Å². The number of carbonyl (C=O) groups excluding carboxylic acids is 4. The van der Waals surface area contributed by atoms with Gasteiger partial charge in [0.05, 0.1) is 23.4 Å². The lowest BCUT2D eigenvalue weighted by molar-refractivity contribution is -0.139. The minimum Gasteiger partial charge on any atom is -0.426 e. The van der Waals surface area contributed by atoms with E-state index < -0.39 is 11.9 Å². The number of hydrogen-bond donors (Lipinski definition) is 0. The van der Waals surface area contributed by atoms with Crippen LogP contribution in [-0.2, 0) is 19.2 Å². The molecular formula is C28H28N2O5. The minimum absolute atomic E-state index is 0.0741. The minimum atomic E-state index is -0.599. The van der Waals surface area contributed by atoms with Gasteiger partial charge >= 0.3 is 5.97 Å². The lowest BCUT2D eigenvalue weighted by Crippen LogP contribution is -2.31. The van der Waals surface area contributed by atoms with Crippen molar-refractivity contribution in [1.82, 2.24) is 0 Å². The molecule has 3 atom stereocenters. The maximum absolute atomic E-state index is 13.0. The van der Waals surface area contributed by atoms with E-state index in [0.29, 0.717) is 18.5 Å². The molecule has 2 aromatic carbocycles. The molecule has 2 heterocycles. The molecule has 7 heteroatoms. The largest absolute Gasteiger partial charge is 0.426 e. The van der Waals surface area contributed by atoms with Gasteiger partial charge in [0.1, 0.15) is 5.75 Å². The molecule has 1 aliphatic carbocycles. The number of allylic oxidation sites excluding steroid dienone is 2. The summed E-state index contributed by atoms with van der Waals surface area (Å²) in [4.78, 5) is 54.5. The van der Waals surface area contributed by atoms with Crippen LogP contribution in [0.5, 0.6) is 5.75 Å². The molecule has 2 aromatic rings. The fourth-order valence-electron chi connectivity index (χ4n) is 5.30. The number of carbonyl (C=O) groups is 4. The number of nitrogens with zero attached hydrogens (tertiary/aromatic N) is 2. The van der Waals surface area contributed by atoms with Crippen LogP contribution < -0.4 is 14.5 Å². The Bertz CT molecular complexity index is 1280. The zero-order valence-electron chi connectivity index (χ0n) is 20.1. The number of fused-ring (bicyclic) bond motifs is 1. The molecule has 35 heavy (non-hydrogen) atoms. The van der Waals surface area contributed by atoms with Gasteiger partial charge in [0.2, 0.25) is 17.7 Å². The van der Waals surface area contributed by atoms with Crippen LogP contribution in [0.15, 0.2) is 54.1 Å². The quantitative estimate of drug-likeness (QED) is 0.289. The third kappa shape index (κ3) is 4.05. The van der Waals surface area contributed by atoms with Gasteiger partial charge in [0.25, 0.3) is 0 Å². The molecule has 0 aromatic heterocycles. The second-order valence-electron chi connectivity index (χ2n) is 9.76. The van der Waals surface area contributed by atoms with Gasteiger partial charge in [-0.2, -0.15) is 0 Å². The summed E-state index contributed by atoms with van der Waals surface area (Å²) in [5.74, 6) is -2.06. The second-order valence-corrected chi connectivity index (χ2v) is 9.76. The van der Waals surface area contributed by atoms with Crippen LogP contribution >= 0.6 is 0 Å². The fraction of sp³-hybridized carbons (Fsp3) is 0.357. The summed E-state index contributed by atoms with van der Waals surface area (Å²) in [5.41, 5.74) is 4.42. The molecule has 7 nitrogen and oxygen atoms in total. The molecule has 5 rings (SSSR count). The van der Waals surface area contributed by atoms with E-state index in [0.717, 1.165) is 22.4 Å². The Morgan fingerprint density at radius 2 is 1.69 bits per heavy atom. The molecule has 0 radical (unpaired) electrons. The van der Waals surface area contributed by atoms with Crippen LogP contribution in [0.4, 0.5) is 11.4 Å². The first-order valence-electron chi connectivity index (χ1n) is 12.0. The van der Waals surface area contributed by atoms with Crippen molar-refractivity contribution in [3.05, 3.63) is 65.2 Å². The molecule has 2 aliphatic heterocycles. The first-order chi connectivity index (χ1) is 16.7. The Morgan fingerprint density at radius 1 is 0.943 bits per heavy atom. The van der Waals surface area contributed by atoms with E-state index in [4.69, 9.17) is 4.74 Å². The van der Waals surface area contributed by atoms with Crippen LogP contribution in [0.25, 0.3) is 0 Å². The first-order valence-corrected chi connectivity index (χ1v) is 12.0. The number of ether oxygens (including phenoxy) is 1. The topological polar surface area (TPSA) is 84.0 Å². The van der Waals surface area contributed by atoms with Gasteiger partial charge in [-0.25, -0.2) is 4.90 Å². The zero-order chi connectivity index (χ0) is 24.9. The lowest BCUT2D eigenvalue weighted by Gasteiger charge is -2.20. The van der Waals surface area contributed by atoms with Crippen molar-refractivity contribution >= 4 is 35.1 Å². The Labute approximate surface area is 204 Å². The molecule has 0 unspecified atom stereocenters. The van der Waals surface area contributed by atoms with Crippen molar-refractivity contribution in [1.29, 1.82) is 0 Å². The maximum atomic E-state index is 13.0. The van der Waals surface area contributed by atoms with Crippen molar-refractivity contribution in [3.8, 4) is 5.75 Å². The number of imide groups is 1. The SMILES string of the molecule is CC1=CC[C@@H]2C(=O)N(c3cccc(OC(=O)[C@H]4CC(=O)N(c5cccc(C)c5C)C4)c3)C(=O)[C@H]2C1. The number of benzene rings is 2. The predicted octanol–water partition coefficient (Wildman–Crippen LogP) is 4.11. The Balaban J connectivity index is 1.30. The average Bonchev–Trinajstić information content (AvgIpc) is 3.33. The molecular weight excluding hydrogens is 444 g/mol. The molecule has 0 N–H and O–H groups in total. The van der Waals surface area contributed by atoms with Crippen molar-refractivity contribution in [2.24, 2.45) is 17.8 Å². The van der Waals surface area contributed by atoms with E-state index in [9.17, 15) is 19.2 Å². The van der Waals surface area contributed by atoms with E-state index >= 15 is 0 Å². The van der Waals surface area contributed by atoms with Crippen LogP contribution in [0.3, 0.4) is 0 Å². The highest BCUT2D eigenvalue weighted by atomic mass is 16.5. The molecule has 0 saturated carbocycles. The number of anilines is 2. The summed E-state index contributed by atoms with van der Waals surface area (Å²) < 4.78 is 5.61. The third-order valence-electron chi connectivity index (χ3n) is 7.44. The molecule has 0 bridgehead atoms. The van der Waals surface area contributed by atoms with E-state index in [1.165, 1.54) is 4.90 Å². The van der Waals surface area contributed by atoms with Gasteiger partial charge in [-0.3, -0.25) is 19.2 Å². The average molecular weight is 473 g/mol. The Hall–Kier alpha value is -3.74. The van der Waals surface area contributed by atoms with Crippen LogP contribution in [-0.4, -0.2) is 30.2 Å². The molecule has 3 amide bonds. The van der Waals surface area contributed by atoms with Crippen molar-refractivity contribution < 1.29 is 23.9 Å². The first kappa shape index (κ1) is 23.0. The van der Waals surface area contributed by atoms with E-state index in [-0.39, 0.29) is 48.3 Å². The summed E-state index contributed by atoms with van der Waals surface area (Å²) in [7, 11) is 0. The maximum Gasteiger partial charge on any atom is 0.316 e. The highest BCUT2D eigenvalue weighted by Crippen LogP contribution is 2.40. The highest BCUT2D eigenvalue weighted by Gasteiger charge is 2.48. The summed E-state index contributed by atoms with van der Waals surface area (Å²) in [6.07, 6.45) is 3.26. The smallest absolute Gasteiger partial charge is 0.316 e. The molecule has 0 spiro atoms.